The van der Waals surface area contributed by atoms with Crippen LogP contribution in [0.15, 0.2) is 33.9 Å². The third-order valence-electron chi connectivity index (χ3n) is 3.99. The Morgan fingerprint density at radius 3 is 2.78 bits per heavy atom. The first-order chi connectivity index (χ1) is 10.6. The summed E-state index contributed by atoms with van der Waals surface area (Å²) in [6.45, 7) is 0.831. The zero-order valence-corrected chi connectivity index (χ0v) is 13.3. The number of amides is 1. The minimum absolute atomic E-state index is 0. The fourth-order valence-corrected chi connectivity index (χ4v) is 2.81. The Morgan fingerprint density at radius 2 is 2.04 bits per heavy atom. The van der Waals surface area contributed by atoms with Gasteiger partial charge in [0.2, 0.25) is 5.91 Å². The molecular formula is C15H19ClN4O3. The number of aromatic nitrogens is 2. The van der Waals surface area contributed by atoms with Gasteiger partial charge in [0.25, 0.3) is 5.56 Å². The maximum atomic E-state index is 12.4. The number of rotatable bonds is 2. The molecule has 0 aliphatic carbocycles. The molecule has 3 N–H and O–H groups in total. The molecule has 1 fully saturated rings. The van der Waals surface area contributed by atoms with Gasteiger partial charge < -0.3 is 15.6 Å². The van der Waals surface area contributed by atoms with Crippen molar-refractivity contribution in [3.8, 4) is 0 Å². The van der Waals surface area contributed by atoms with Gasteiger partial charge >= 0.3 is 5.69 Å². The molecule has 124 valence electrons. The normalized spacial score (nSPS) is 17.8. The highest BCUT2D eigenvalue weighted by atomic mass is 35.5. The first-order valence-electron chi connectivity index (χ1n) is 7.31. The first-order valence-corrected chi connectivity index (χ1v) is 7.31. The van der Waals surface area contributed by atoms with E-state index in [0.717, 1.165) is 17.4 Å². The molecule has 1 aromatic heterocycles. The van der Waals surface area contributed by atoms with Crippen LogP contribution in [0.3, 0.4) is 0 Å². The van der Waals surface area contributed by atoms with Gasteiger partial charge in [-0.15, -0.1) is 12.4 Å². The predicted molar refractivity (Wildman–Crippen MR) is 89.9 cm³/mol. The van der Waals surface area contributed by atoms with E-state index in [-0.39, 0.29) is 30.9 Å². The summed E-state index contributed by atoms with van der Waals surface area (Å²) in [5, 5.41) is 0.394. The summed E-state index contributed by atoms with van der Waals surface area (Å²) in [5.41, 5.74) is 5.31. The number of H-pyrrole nitrogens is 1. The molecule has 7 nitrogen and oxygen atoms in total. The van der Waals surface area contributed by atoms with Crippen molar-refractivity contribution in [2.75, 3.05) is 13.1 Å². The fraction of sp³-hybridized carbons (Fsp3) is 0.400. The summed E-state index contributed by atoms with van der Waals surface area (Å²) in [4.78, 5) is 41.0. The van der Waals surface area contributed by atoms with Gasteiger partial charge in [-0.3, -0.25) is 14.2 Å². The van der Waals surface area contributed by atoms with E-state index >= 15 is 0 Å². The average molecular weight is 339 g/mol. The molecule has 1 aliphatic rings. The molecule has 23 heavy (non-hydrogen) atoms. The number of hydrogen-bond donors (Lipinski definition) is 2. The first kappa shape index (κ1) is 17.2. The predicted octanol–water partition coefficient (Wildman–Crippen LogP) is 0.0613. The van der Waals surface area contributed by atoms with Gasteiger partial charge in [-0.2, -0.15) is 0 Å². The third kappa shape index (κ3) is 3.46. The van der Waals surface area contributed by atoms with Crippen LogP contribution in [0.1, 0.15) is 12.8 Å². The molecule has 1 amide bonds. The number of nitrogens with two attached hydrogens (primary N) is 1. The molecule has 3 rings (SSSR count). The van der Waals surface area contributed by atoms with Crippen LogP contribution in [0, 0.1) is 0 Å². The zero-order chi connectivity index (χ0) is 15.7. The Balaban J connectivity index is 0.00000192. The lowest BCUT2D eigenvalue weighted by molar-refractivity contribution is -0.133. The Morgan fingerprint density at radius 1 is 1.30 bits per heavy atom. The summed E-state index contributed by atoms with van der Waals surface area (Å²) in [6.07, 6.45) is 1.73. The number of nitrogens with one attached hydrogen (secondary N) is 1. The van der Waals surface area contributed by atoms with Crippen LogP contribution in [-0.2, 0) is 11.3 Å². The highest BCUT2D eigenvalue weighted by Gasteiger charge is 2.22. The topological polar surface area (TPSA) is 101 Å². The highest BCUT2D eigenvalue weighted by Crippen LogP contribution is 2.09. The van der Waals surface area contributed by atoms with Crippen LogP contribution < -0.4 is 17.0 Å². The summed E-state index contributed by atoms with van der Waals surface area (Å²) in [5.74, 6) is -0.252. The Kier molecular flexibility index (Phi) is 5.23. The van der Waals surface area contributed by atoms with Crippen molar-refractivity contribution in [3.63, 3.8) is 0 Å². The van der Waals surface area contributed by atoms with E-state index in [0.29, 0.717) is 24.0 Å². The number of carbonyl (C=O) groups is 1. The fourth-order valence-electron chi connectivity index (χ4n) is 2.81. The number of para-hydroxylation sites is 1. The van der Waals surface area contributed by atoms with Crippen molar-refractivity contribution in [2.45, 2.75) is 25.4 Å². The number of piperidine rings is 1. The van der Waals surface area contributed by atoms with Crippen LogP contribution in [-0.4, -0.2) is 39.5 Å². The number of fused-ring (bicyclic) bond motifs is 1. The quantitative estimate of drug-likeness (QED) is 0.808. The number of carbonyl (C=O) groups excluding carboxylic acids is 1. The van der Waals surface area contributed by atoms with Gasteiger partial charge in [-0.1, -0.05) is 12.1 Å². The van der Waals surface area contributed by atoms with E-state index in [1.165, 1.54) is 0 Å². The van der Waals surface area contributed by atoms with Crippen LogP contribution in [0.2, 0.25) is 0 Å². The second kappa shape index (κ2) is 6.97. The SMILES string of the molecule is Cl.NC1CCCN(C(=O)Cn2c(=O)[nH]c3ccccc3c2=O)C1. The Hall–Kier alpha value is -2.12. The van der Waals surface area contributed by atoms with E-state index in [9.17, 15) is 14.4 Å². The summed E-state index contributed by atoms with van der Waals surface area (Å²) < 4.78 is 0.949. The average Bonchev–Trinajstić information content (AvgIpc) is 2.51. The number of aromatic amines is 1. The number of halogens is 1. The molecule has 1 aromatic carbocycles. The van der Waals surface area contributed by atoms with Gasteiger partial charge in [-0.05, 0) is 25.0 Å². The maximum Gasteiger partial charge on any atom is 0.329 e. The number of hydrogen-bond acceptors (Lipinski definition) is 4. The number of nitrogens with zero attached hydrogens (tertiary/aromatic N) is 2. The number of benzene rings is 1. The van der Waals surface area contributed by atoms with E-state index in [2.05, 4.69) is 4.98 Å². The molecule has 0 spiro atoms. The van der Waals surface area contributed by atoms with E-state index in [4.69, 9.17) is 5.73 Å². The summed E-state index contributed by atoms with van der Waals surface area (Å²) in [7, 11) is 0. The standard InChI is InChI=1S/C15H18N4O3.ClH/c16-10-4-3-7-18(8-10)13(20)9-19-14(21)11-5-1-2-6-12(11)17-15(19)22;/h1-2,5-6,10H,3-4,7-9,16H2,(H,17,22);1H. The monoisotopic (exact) mass is 338 g/mol. The Labute approximate surface area is 138 Å². The second-order valence-electron chi connectivity index (χ2n) is 5.61. The molecular weight excluding hydrogens is 320 g/mol. The molecule has 8 heteroatoms. The van der Waals surface area contributed by atoms with Gasteiger partial charge in [0, 0.05) is 19.1 Å². The van der Waals surface area contributed by atoms with E-state index in [1.54, 1.807) is 29.2 Å². The maximum absolute atomic E-state index is 12.4. The van der Waals surface area contributed by atoms with Crippen molar-refractivity contribution >= 4 is 29.2 Å². The molecule has 1 saturated heterocycles. The molecule has 2 heterocycles. The van der Waals surface area contributed by atoms with E-state index in [1.807, 2.05) is 0 Å². The summed E-state index contributed by atoms with van der Waals surface area (Å²) in [6, 6.07) is 6.71. The molecule has 0 bridgehead atoms. The molecule has 1 atom stereocenters. The van der Waals surface area contributed by atoms with Gasteiger partial charge in [0.1, 0.15) is 6.54 Å². The lowest BCUT2D eigenvalue weighted by Gasteiger charge is -2.30. The largest absolute Gasteiger partial charge is 0.340 e. The smallest absolute Gasteiger partial charge is 0.329 e. The van der Waals surface area contributed by atoms with Crippen LogP contribution in [0.5, 0.6) is 0 Å². The van der Waals surface area contributed by atoms with Crippen LogP contribution in [0.25, 0.3) is 10.9 Å². The summed E-state index contributed by atoms with van der Waals surface area (Å²) >= 11 is 0. The minimum Gasteiger partial charge on any atom is -0.340 e. The van der Waals surface area contributed by atoms with Crippen molar-refractivity contribution < 1.29 is 4.79 Å². The highest BCUT2D eigenvalue weighted by molar-refractivity contribution is 5.85. The molecule has 0 saturated carbocycles. The lowest BCUT2D eigenvalue weighted by Crippen LogP contribution is -2.48. The van der Waals surface area contributed by atoms with Crippen molar-refractivity contribution in [1.29, 1.82) is 0 Å². The molecule has 1 aliphatic heterocycles. The molecule has 0 radical (unpaired) electrons. The second-order valence-corrected chi connectivity index (χ2v) is 5.61. The van der Waals surface area contributed by atoms with Crippen LogP contribution in [0.4, 0.5) is 0 Å². The van der Waals surface area contributed by atoms with Crippen molar-refractivity contribution in [3.05, 3.63) is 45.1 Å². The zero-order valence-electron chi connectivity index (χ0n) is 12.5. The van der Waals surface area contributed by atoms with E-state index < -0.39 is 11.2 Å². The van der Waals surface area contributed by atoms with Gasteiger partial charge in [0.05, 0.1) is 10.9 Å². The van der Waals surface area contributed by atoms with Crippen LogP contribution >= 0.6 is 12.4 Å². The Bertz CT molecular complexity index is 829. The van der Waals surface area contributed by atoms with Gasteiger partial charge in [0.15, 0.2) is 0 Å². The minimum atomic E-state index is -0.571. The van der Waals surface area contributed by atoms with Crippen molar-refractivity contribution in [1.82, 2.24) is 14.5 Å². The number of likely N-dealkylation sites (tertiary alicyclic amines) is 1. The lowest BCUT2D eigenvalue weighted by atomic mass is 10.1. The third-order valence-corrected chi connectivity index (χ3v) is 3.99. The molecule has 2 aromatic rings. The molecule has 1 unspecified atom stereocenters. The van der Waals surface area contributed by atoms with Crippen molar-refractivity contribution in [2.24, 2.45) is 5.73 Å². The van der Waals surface area contributed by atoms with Gasteiger partial charge in [-0.25, -0.2) is 4.79 Å².